The van der Waals surface area contributed by atoms with Gasteiger partial charge in [-0.3, -0.25) is 0 Å². The van der Waals surface area contributed by atoms with Crippen molar-refractivity contribution in [3.8, 4) is 56.4 Å². The Morgan fingerprint density at radius 2 is 1.07 bits per heavy atom. The number of fused-ring (bicyclic) bond motifs is 8. The summed E-state index contributed by atoms with van der Waals surface area (Å²) in [6, 6.07) is 57.2. The van der Waals surface area contributed by atoms with E-state index in [1.54, 1.807) is 0 Å². The summed E-state index contributed by atoms with van der Waals surface area (Å²) in [6.45, 7) is 0. The summed E-state index contributed by atoms with van der Waals surface area (Å²) in [5.74, 6) is 1.84. The van der Waals surface area contributed by atoms with Crippen molar-refractivity contribution in [1.29, 1.82) is 0 Å². The number of aromatic nitrogens is 3. The van der Waals surface area contributed by atoms with E-state index in [1.807, 2.05) is 18.2 Å². The molecule has 272 valence electrons. The standard InChI is InChI=1S/C53H33N3O2/c1-2-9-32(10-3-1)34-17-20-35(21-18-34)51-54-52(41-22-19-33-11-4-5-12-36(33)27-41)56-53(55-51)43-15-8-16-47-50(43)45-29-39(24-26-46(45)57-47)40-23-25-42-44-28-37-13-6-7-14-38(37)30-49(44)58-48(42)31-40/h1-3,5-10,12-31H,4,11H2. The van der Waals surface area contributed by atoms with Gasteiger partial charge in [0.05, 0.1) is 0 Å². The van der Waals surface area contributed by atoms with Crippen LogP contribution in [0.5, 0.6) is 0 Å². The van der Waals surface area contributed by atoms with Crippen molar-refractivity contribution >= 4 is 60.7 Å². The average Bonchev–Trinajstić information content (AvgIpc) is 3.85. The minimum Gasteiger partial charge on any atom is -0.456 e. The van der Waals surface area contributed by atoms with Gasteiger partial charge >= 0.3 is 0 Å². The second kappa shape index (κ2) is 13.0. The lowest BCUT2D eigenvalue weighted by molar-refractivity contribution is 0.669. The van der Waals surface area contributed by atoms with Crippen LogP contribution in [-0.2, 0) is 6.42 Å². The largest absolute Gasteiger partial charge is 0.456 e. The molecule has 5 heteroatoms. The molecule has 1 aliphatic rings. The molecule has 0 radical (unpaired) electrons. The quantitative estimate of drug-likeness (QED) is 0.176. The van der Waals surface area contributed by atoms with Crippen LogP contribution in [-0.4, -0.2) is 15.0 Å². The molecule has 11 aromatic rings. The van der Waals surface area contributed by atoms with E-state index in [2.05, 4.69) is 158 Å². The maximum Gasteiger partial charge on any atom is 0.164 e. The molecule has 3 heterocycles. The second-order valence-electron chi connectivity index (χ2n) is 15.1. The molecule has 0 N–H and O–H groups in total. The van der Waals surface area contributed by atoms with Gasteiger partial charge in [-0.25, -0.2) is 15.0 Å². The van der Waals surface area contributed by atoms with Gasteiger partial charge in [0.15, 0.2) is 17.5 Å². The normalized spacial score (nSPS) is 12.6. The predicted octanol–water partition coefficient (Wildman–Crippen LogP) is 14.1. The van der Waals surface area contributed by atoms with E-state index < -0.39 is 0 Å². The number of hydrogen-bond acceptors (Lipinski definition) is 5. The van der Waals surface area contributed by atoms with Crippen LogP contribution in [0.15, 0.2) is 179 Å². The van der Waals surface area contributed by atoms with Crippen LogP contribution in [0.2, 0.25) is 0 Å². The fourth-order valence-corrected chi connectivity index (χ4v) is 8.60. The first-order valence-electron chi connectivity index (χ1n) is 19.7. The molecule has 3 aromatic heterocycles. The molecule has 8 aromatic carbocycles. The van der Waals surface area contributed by atoms with E-state index in [4.69, 9.17) is 23.8 Å². The van der Waals surface area contributed by atoms with Crippen LogP contribution in [0.4, 0.5) is 0 Å². The lowest BCUT2D eigenvalue weighted by Gasteiger charge is -2.13. The van der Waals surface area contributed by atoms with Gasteiger partial charge < -0.3 is 8.83 Å². The van der Waals surface area contributed by atoms with Crippen molar-refractivity contribution < 1.29 is 8.83 Å². The molecule has 5 nitrogen and oxygen atoms in total. The van der Waals surface area contributed by atoms with Gasteiger partial charge in [-0.15, -0.1) is 0 Å². The molecular weight excluding hydrogens is 711 g/mol. The van der Waals surface area contributed by atoms with Crippen LogP contribution in [0.3, 0.4) is 0 Å². The highest BCUT2D eigenvalue weighted by molar-refractivity contribution is 6.14. The highest BCUT2D eigenvalue weighted by Crippen LogP contribution is 2.40. The summed E-state index contributed by atoms with van der Waals surface area (Å²) < 4.78 is 13.0. The van der Waals surface area contributed by atoms with Crippen molar-refractivity contribution in [2.24, 2.45) is 0 Å². The number of hydrogen-bond donors (Lipinski definition) is 0. The first-order valence-corrected chi connectivity index (χ1v) is 19.7. The Bertz CT molecular complexity index is 3450. The Labute approximate surface area is 333 Å². The summed E-state index contributed by atoms with van der Waals surface area (Å²) in [6.07, 6.45) is 6.54. The third-order valence-corrected chi connectivity index (χ3v) is 11.6. The zero-order chi connectivity index (χ0) is 38.2. The number of rotatable bonds is 5. The second-order valence-corrected chi connectivity index (χ2v) is 15.1. The molecular formula is C53H33N3O2. The number of aryl methyl sites for hydroxylation is 1. The van der Waals surface area contributed by atoms with Crippen LogP contribution in [0, 0.1) is 0 Å². The summed E-state index contributed by atoms with van der Waals surface area (Å²) >= 11 is 0. The molecule has 0 spiro atoms. The smallest absolute Gasteiger partial charge is 0.164 e. The zero-order valence-electron chi connectivity index (χ0n) is 31.3. The molecule has 0 fully saturated rings. The maximum atomic E-state index is 6.50. The molecule has 0 atom stereocenters. The van der Waals surface area contributed by atoms with E-state index >= 15 is 0 Å². The van der Waals surface area contributed by atoms with Gasteiger partial charge in [0.2, 0.25) is 0 Å². The van der Waals surface area contributed by atoms with Crippen LogP contribution < -0.4 is 0 Å². The highest BCUT2D eigenvalue weighted by atomic mass is 16.3. The minimum absolute atomic E-state index is 0.593. The Balaban J connectivity index is 1.01. The van der Waals surface area contributed by atoms with E-state index in [0.29, 0.717) is 17.5 Å². The third-order valence-electron chi connectivity index (χ3n) is 11.6. The number of furan rings is 2. The van der Waals surface area contributed by atoms with E-state index in [9.17, 15) is 0 Å². The van der Waals surface area contributed by atoms with Gasteiger partial charge in [0.25, 0.3) is 0 Å². The number of allylic oxidation sites excluding steroid dienone is 1. The molecule has 0 saturated heterocycles. The Morgan fingerprint density at radius 1 is 0.397 bits per heavy atom. The molecule has 12 rings (SSSR count). The zero-order valence-corrected chi connectivity index (χ0v) is 31.3. The molecule has 0 bridgehead atoms. The van der Waals surface area contributed by atoms with Crippen molar-refractivity contribution in [3.63, 3.8) is 0 Å². The van der Waals surface area contributed by atoms with Crippen molar-refractivity contribution in [2.45, 2.75) is 12.8 Å². The fraction of sp³-hybridized carbons (Fsp3) is 0.0377. The Kier molecular flexibility index (Phi) is 7.29. The summed E-state index contributed by atoms with van der Waals surface area (Å²) in [4.78, 5) is 15.5. The van der Waals surface area contributed by atoms with Gasteiger partial charge in [-0.05, 0) is 106 Å². The fourth-order valence-electron chi connectivity index (χ4n) is 8.60. The lowest BCUT2D eigenvalue weighted by atomic mass is 9.95. The first kappa shape index (κ1) is 32.6. The van der Waals surface area contributed by atoms with Gasteiger partial charge in [-0.1, -0.05) is 127 Å². The monoisotopic (exact) mass is 743 g/mol. The van der Waals surface area contributed by atoms with Crippen molar-refractivity contribution in [3.05, 3.63) is 181 Å². The summed E-state index contributed by atoms with van der Waals surface area (Å²) in [5.41, 5.74) is 13.1. The lowest BCUT2D eigenvalue weighted by Crippen LogP contribution is -2.01. The van der Waals surface area contributed by atoms with Gasteiger partial charge in [0, 0.05) is 38.2 Å². The summed E-state index contributed by atoms with van der Waals surface area (Å²) in [5, 5.41) is 6.55. The maximum absolute atomic E-state index is 6.50. The average molecular weight is 744 g/mol. The minimum atomic E-state index is 0.593. The Morgan fingerprint density at radius 3 is 1.95 bits per heavy atom. The predicted molar refractivity (Wildman–Crippen MR) is 236 cm³/mol. The van der Waals surface area contributed by atoms with Crippen LogP contribution in [0.25, 0.3) is 117 Å². The number of benzene rings is 8. The first-order chi connectivity index (χ1) is 28.7. The van der Waals surface area contributed by atoms with E-state index in [1.165, 1.54) is 21.9 Å². The molecule has 0 amide bonds. The van der Waals surface area contributed by atoms with Crippen LogP contribution >= 0.6 is 0 Å². The molecule has 58 heavy (non-hydrogen) atoms. The number of nitrogens with zero attached hydrogens (tertiary/aromatic N) is 3. The van der Waals surface area contributed by atoms with Crippen molar-refractivity contribution in [2.75, 3.05) is 0 Å². The topological polar surface area (TPSA) is 65.0 Å². The van der Waals surface area contributed by atoms with Crippen LogP contribution in [0.1, 0.15) is 17.5 Å². The van der Waals surface area contributed by atoms with E-state index in [-0.39, 0.29) is 0 Å². The van der Waals surface area contributed by atoms with E-state index in [0.717, 1.165) is 95.7 Å². The molecule has 0 saturated carbocycles. The summed E-state index contributed by atoms with van der Waals surface area (Å²) in [7, 11) is 0. The van der Waals surface area contributed by atoms with Gasteiger partial charge in [-0.2, -0.15) is 0 Å². The van der Waals surface area contributed by atoms with Crippen molar-refractivity contribution in [1.82, 2.24) is 15.0 Å². The third kappa shape index (κ3) is 5.43. The Hall–Kier alpha value is -7.63. The molecule has 0 unspecified atom stereocenters. The molecule has 1 aliphatic carbocycles. The van der Waals surface area contributed by atoms with Gasteiger partial charge in [0.1, 0.15) is 22.3 Å². The highest BCUT2D eigenvalue weighted by Gasteiger charge is 2.20. The molecule has 0 aliphatic heterocycles. The SMILES string of the molecule is C1=Cc2cc(-c3nc(-c4ccc(-c5ccccc5)cc4)nc(-c4cccc5oc6ccc(-c7ccc8c(c7)oc7cc9ccccc9cc78)cc6c45)n3)ccc2CC1.